The lowest BCUT2D eigenvalue weighted by Crippen LogP contribution is -2.48. The molecule has 1 atom stereocenters. The second-order valence-corrected chi connectivity index (χ2v) is 4.09. The number of piperazine rings is 1. The van der Waals surface area contributed by atoms with Crippen molar-refractivity contribution in [2.45, 2.75) is 6.17 Å². The van der Waals surface area contributed by atoms with Gasteiger partial charge in [-0.25, -0.2) is 9.67 Å². The number of hydrogen-bond donors (Lipinski definition) is 1. The molecule has 5 heteroatoms. The molecular formula is C12H15N5. The molecular weight excluding hydrogens is 214 g/mol. The Hall–Kier alpha value is -1.88. The summed E-state index contributed by atoms with van der Waals surface area (Å²) in [5.74, 6) is 0. The quantitative estimate of drug-likeness (QED) is 0.830. The maximum atomic E-state index is 4.24. The van der Waals surface area contributed by atoms with Crippen LogP contribution in [-0.2, 0) is 0 Å². The summed E-state index contributed by atoms with van der Waals surface area (Å²) in [6.07, 6.45) is 3.56. The lowest BCUT2D eigenvalue weighted by molar-refractivity contribution is 0.365. The van der Waals surface area contributed by atoms with Gasteiger partial charge in [0.2, 0.25) is 0 Å². The van der Waals surface area contributed by atoms with E-state index in [1.807, 2.05) is 10.7 Å². The molecule has 1 aromatic heterocycles. The normalized spacial score (nSPS) is 20.5. The Morgan fingerprint density at radius 2 is 2.12 bits per heavy atom. The van der Waals surface area contributed by atoms with Crippen molar-refractivity contribution < 1.29 is 0 Å². The summed E-state index contributed by atoms with van der Waals surface area (Å²) in [4.78, 5) is 6.38. The number of nitrogens with one attached hydrogen (secondary N) is 1. The number of rotatable bonds is 2. The first kappa shape index (κ1) is 10.3. The van der Waals surface area contributed by atoms with Crippen LogP contribution in [0.1, 0.15) is 6.17 Å². The zero-order valence-corrected chi connectivity index (χ0v) is 9.53. The molecule has 0 amide bonds. The number of para-hydroxylation sites is 1. The third kappa shape index (κ3) is 2.01. The largest absolute Gasteiger partial charge is 0.347 e. The van der Waals surface area contributed by atoms with Crippen molar-refractivity contribution in [2.24, 2.45) is 0 Å². The second kappa shape index (κ2) is 4.55. The van der Waals surface area contributed by atoms with Gasteiger partial charge in [-0.1, -0.05) is 18.2 Å². The number of nitrogens with zero attached hydrogens (tertiary/aromatic N) is 4. The molecule has 88 valence electrons. The average molecular weight is 229 g/mol. The number of benzene rings is 1. The number of hydrogen-bond acceptors (Lipinski definition) is 4. The van der Waals surface area contributed by atoms with Crippen LogP contribution in [0.3, 0.4) is 0 Å². The molecule has 1 N–H and O–H groups in total. The summed E-state index contributed by atoms with van der Waals surface area (Å²) in [7, 11) is 0. The van der Waals surface area contributed by atoms with E-state index in [0.717, 1.165) is 19.6 Å². The summed E-state index contributed by atoms with van der Waals surface area (Å²) >= 11 is 0. The van der Waals surface area contributed by atoms with Gasteiger partial charge in [0, 0.05) is 25.3 Å². The Bertz CT molecular complexity index is 453. The third-order valence-corrected chi connectivity index (χ3v) is 3.05. The monoisotopic (exact) mass is 229 g/mol. The van der Waals surface area contributed by atoms with Crippen molar-refractivity contribution in [3.63, 3.8) is 0 Å². The Morgan fingerprint density at radius 3 is 2.88 bits per heavy atom. The van der Waals surface area contributed by atoms with Gasteiger partial charge in [-0.3, -0.25) is 0 Å². The molecule has 2 aromatic rings. The van der Waals surface area contributed by atoms with Gasteiger partial charge in [-0.05, 0) is 12.1 Å². The lowest BCUT2D eigenvalue weighted by atomic mass is 10.2. The molecule has 3 rings (SSSR count). The van der Waals surface area contributed by atoms with Crippen molar-refractivity contribution in [1.29, 1.82) is 0 Å². The summed E-state index contributed by atoms with van der Waals surface area (Å²) in [6, 6.07) is 10.4. The van der Waals surface area contributed by atoms with Crippen LogP contribution < -0.4 is 10.2 Å². The van der Waals surface area contributed by atoms with E-state index in [-0.39, 0.29) is 6.17 Å². The van der Waals surface area contributed by atoms with Crippen LogP contribution in [-0.4, -0.2) is 34.4 Å². The van der Waals surface area contributed by atoms with Crippen molar-refractivity contribution in [1.82, 2.24) is 20.1 Å². The first-order chi connectivity index (χ1) is 8.45. The molecule has 0 bridgehead atoms. The summed E-state index contributed by atoms with van der Waals surface area (Å²) in [5.41, 5.74) is 1.23. The van der Waals surface area contributed by atoms with E-state index in [9.17, 15) is 0 Å². The van der Waals surface area contributed by atoms with Gasteiger partial charge >= 0.3 is 0 Å². The van der Waals surface area contributed by atoms with Gasteiger partial charge in [-0.2, -0.15) is 5.10 Å². The fourth-order valence-electron chi connectivity index (χ4n) is 2.22. The van der Waals surface area contributed by atoms with Crippen LogP contribution in [0, 0.1) is 0 Å². The van der Waals surface area contributed by atoms with Crippen LogP contribution in [0.4, 0.5) is 5.69 Å². The minimum absolute atomic E-state index is 0.202. The molecule has 2 heterocycles. The molecule has 0 radical (unpaired) electrons. The van der Waals surface area contributed by atoms with E-state index >= 15 is 0 Å². The molecule has 1 aliphatic rings. The van der Waals surface area contributed by atoms with E-state index in [1.165, 1.54) is 5.69 Å². The van der Waals surface area contributed by atoms with Crippen LogP contribution in [0.2, 0.25) is 0 Å². The maximum absolute atomic E-state index is 4.24. The summed E-state index contributed by atoms with van der Waals surface area (Å²) in [6.45, 7) is 2.87. The predicted molar refractivity (Wildman–Crippen MR) is 65.7 cm³/mol. The zero-order chi connectivity index (χ0) is 11.5. The van der Waals surface area contributed by atoms with Crippen LogP contribution in [0.15, 0.2) is 43.0 Å². The predicted octanol–water partition coefficient (Wildman–Crippen LogP) is 0.886. The molecule has 0 saturated carbocycles. The van der Waals surface area contributed by atoms with Crippen molar-refractivity contribution in [3.8, 4) is 0 Å². The molecule has 0 aliphatic carbocycles. The van der Waals surface area contributed by atoms with Crippen molar-refractivity contribution in [3.05, 3.63) is 43.0 Å². The topological polar surface area (TPSA) is 46.0 Å². The minimum Gasteiger partial charge on any atom is -0.347 e. The second-order valence-electron chi connectivity index (χ2n) is 4.09. The fourth-order valence-corrected chi connectivity index (χ4v) is 2.22. The average Bonchev–Trinajstić information content (AvgIpc) is 2.94. The van der Waals surface area contributed by atoms with Crippen LogP contribution in [0.5, 0.6) is 0 Å². The van der Waals surface area contributed by atoms with Gasteiger partial charge in [0.05, 0.1) is 0 Å². The smallest absolute Gasteiger partial charge is 0.137 e. The highest BCUT2D eigenvalue weighted by Gasteiger charge is 2.24. The van der Waals surface area contributed by atoms with E-state index in [4.69, 9.17) is 0 Å². The van der Waals surface area contributed by atoms with Gasteiger partial charge < -0.3 is 10.2 Å². The number of aromatic nitrogens is 3. The van der Waals surface area contributed by atoms with E-state index < -0.39 is 0 Å². The maximum Gasteiger partial charge on any atom is 0.137 e. The first-order valence-corrected chi connectivity index (χ1v) is 5.82. The highest BCUT2D eigenvalue weighted by atomic mass is 15.4. The summed E-state index contributed by atoms with van der Waals surface area (Å²) < 4.78 is 1.90. The van der Waals surface area contributed by atoms with E-state index in [0.29, 0.717) is 0 Å². The SMILES string of the molecule is c1ccc(N2CCNCC2n2cncn2)cc1. The molecule has 1 aromatic carbocycles. The zero-order valence-electron chi connectivity index (χ0n) is 9.53. The molecule has 1 unspecified atom stereocenters. The highest BCUT2D eigenvalue weighted by molar-refractivity contribution is 5.47. The summed E-state index contributed by atoms with van der Waals surface area (Å²) in [5, 5.41) is 7.63. The Labute approximate surface area is 100 Å². The molecule has 1 aliphatic heterocycles. The Morgan fingerprint density at radius 1 is 1.24 bits per heavy atom. The fraction of sp³-hybridized carbons (Fsp3) is 0.333. The Kier molecular flexibility index (Phi) is 2.75. The van der Waals surface area contributed by atoms with Gasteiger partial charge in [-0.15, -0.1) is 0 Å². The van der Waals surface area contributed by atoms with Gasteiger partial charge in [0.1, 0.15) is 18.8 Å². The Balaban J connectivity index is 1.91. The van der Waals surface area contributed by atoms with Gasteiger partial charge in [0.15, 0.2) is 0 Å². The van der Waals surface area contributed by atoms with E-state index in [1.54, 1.807) is 12.7 Å². The van der Waals surface area contributed by atoms with Crippen molar-refractivity contribution in [2.75, 3.05) is 24.5 Å². The molecule has 1 fully saturated rings. The molecule has 1 saturated heterocycles. The number of anilines is 1. The molecule has 5 nitrogen and oxygen atoms in total. The first-order valence-electron chi connectivity index (χ1n) is 5.82. The molecule has 0 spiro atoms. The lowest BCUT2D eigenvalue weighted by Gasteiger charge is -2.37. The van der Waals surface area contributed by atoms with E-state index in [2.05, 4.69) is 44.6 Å². The highest BCUT2D eigenvalue weighted by Crippen LogP contribution is 2.22. The van der Waals surface area contributed by atoms with Gasteiger partial charge in [0.25, 0.3) is 0 Å². The minimum atomic E-state index is 0.202. The standard InChI is InChI=1S/C12H15N5/c1-2-4-11(5-3-1)16-7-6-13-8-12(16)17-10-14-9-15-17/h1-5,9-10,12-13H,6-8H2. The van der Waals surface area contributed by atoms with Crippen LogP contribution in [0.25, 0.3) is 0 Å². The third-order valence-electron chi connectivity index (χ3n) is 3.05. The van der Waals surface area contributed by atoms with Crippen molar-refractivity contribution >= 4 is 5.69 Å². The molecule has 17 heavy (non-hydrogen) atoms. The van der Waals surface area contributed by atoms with Crippen LogP contribution >= 0.6 is 0 Å².